The van der Waals surface area contributed by atoms with Crippen LogP contribution in [0.5, 0.6) is 5.75 Å². The van der Waals surface area contributed by atoms with Gasteiger partial charge in [0.1, 0.15) is 11.3 Å². The number of fused-ring (bicyclic) bond motifs is 1. The Morgan fingerprint density at radius 2 is 1.97 bits per heavy atom. The van der Waals surface area contributed by atoms with Crippen molar-refractivity contribution in [1.82, 2.24) is 10.3 Å². The fourth-order valence-electron chi connectivity index (χ4n) is 3.37. The van der Waals surface area contributed by atoms with Gasteiger partial charge in [0, 0.05) is 11.3 Å². The Hall–Kier alpha value is -3.42. The Labute approximate surface area is 208 Å². The molecule has 0 bridgehead atoms. The fraction of sp³-hybridized carbons (Fsp3) is 0.192. The maximum atomic E-state index is 12.2. The van der Waals surface area contributed by atoms with E-state index in [1.165, 1.54) is 5.56 Å². The summed E-state index contributed by atoms with van der Waals surface area (Å²) in [5.41, 5.74) is 4.29. The van der Waals surface area contributed by atoms with Crippen LogP contribution in [0.1, 0.15) is 31.7 Å². The molecule has 174 valence electrons. The van der Waals surface area contributed by atoms with Crippen LogP contribution >= 0.6 is 23.8 Å². The molecular weight excluding hydrogens is 470 g/mol. The quantitative estimate of drug-likeness (QED) is 0.284. The van der Waals surface area contributed by atoms with E-state index < -0.39 is 5.91 Å². The highest BCUT2D eigenvalue weighted by atomic mass is 35.5. The molecule has 0 aliphatic carbocycles. The number of anilines is 1. The number of ether oxygens (including phenoxy) is 1. The topological polar surface area (TPSA) is 76.4 Å². The average Bonchev–Trinajstić information content (AvgIpc) is 3.26. The van der Waals surface area contributed by atoms with E-state index in [0.29, 0.717) is 28.3 Å². The minimum absolute atomic E-state index is 0.153. The number of oxazole rings is 1. The monoisotopic (exact) mass is 493 g/mol. The molecule has 2 N–H and O–H groups in total. The molecule has 0 aliphatic rings. The second kappa shape index (κ2) is 10.7. The molecule has 0 spiro atoms. The van der Waals surface area contributed by atoms with Gasteiger partial charge in [-0.2, -0.15) is 0 Å². The number of para-hydroxylation sites is 1. The molecule has 1 aromatic heterocycles. The largest absolute Gasteiger partial charge is 0.482 e. The highest BCUT2D eigenvalue weighted by Gasteiger charge is 2.12. The summed E-state index contributed by atoms with van der Waals surface area (Å²) >= 11 is 11.3. The summed E-state index contributed by atoms with van der Waals surface area (Å²) in [5.74, 6) is 1.01. The average molecular weight is 494 g/mol. The first-order chi connectivity index (χ1) is 16.4. The molecule has 3 aromatic carbocycles. The van der Waals surface area contributed by atoms with E-state index in [-0.39, 0.29) is 11.7 Å². The molecule has 8 heteroatoms. The minimum Gasteiger partial charge on any atom is -0.482 e. The Morgan fingerprint density at radius 1 is 1.15 bits per heavy atom. The third-order valence-electron chi connectivity index (χ3n) is 5.41. The van der Waals surface area contributed by atoms with Gasteiger partial charge in [-0.3, -0.25) is 10.1 Å². The SMILES string of the molecule is CC[C@H](C)c1ccc2oc(-c3cccc(NC(=S)NC(=O)COc4ccccc4Cl)c3)nc2c1. The maximum Gasteiger partial charge on any atom is 0.264 e. The predicted octanol–water partition coefficient (Wildman–Crippen LogP) is 6.55. The van der Waals surface area contributed by atoms with Gasteiger partial charge in [-0.15, -0.1) is 0 Å². The Balaban J connectivity index is 1.40. The van der Waals surface area contributed by atoms with Gasteiger partial charge in [0.05, 0.1) is 5.02 Å². The molecule has 1 amide bonds. The smallest absolute Gasteiger partial charge is 0.264 e. The second-order valence-electron chi connectivity index (χ2n) is 7.86. The molecule has 0 aliphatic heterocycles. The number of amides is 1. The first-order valence-electron chi connectivity index (χ1n) is 10.9. The van der Waals surface area contributed by atoms with E-state index in [1.807, 2.05) is 30.3 Å². The summed E-state index contributed by atoms with van der Waals surface area (Å²) in [7, 11) is 0. The van der Waals surface area contributed by atoms with Crippen LogP contribution in [0, 0.1) is 0 Å². The van der Waals surface area contributed by atoms with Crippen molar-refractivity contribution in [3.05, 3.63) is 77.3 Å². The molecule has 0 unspecified atom stereocenters. The minimum atomic E-state index is -0.398. The number of aromatic nitrogens is 1. The highest BCUT2D eigenvalue weighted by Crippen LogP contribution is 2.29. The van der Waals surface area contributed by atoms with E-state index in [9.17, 15) is 4.79 Å². The van der Waals surface area contributed by atoms with E-state index in [4.69, 9.17) is 33.0 Å². The number of rotatable bonds is 7. The molecule has 0 radical (unpaired) electrons. The third-order valence-corrected chi connectivity index (χ3v) is 5.93. The summed E-state index contributed by atoms with van der Waals surface area (Å²) in [6, 6.07) is 20.5. The molecule has 1 atom stereocenters. The van der Waals surface area contributed by atoms with Crippen molar-refractivity contribution in [2.24, 2.45) is 0 Å². The van der Waals surface area contributed by atoms with Crippen molar-refractivity contribution in [3.8, 4) is 17.2 Å². The third kappa shape index (κ3) is 5.73. The van der Waals surface area contributed by atoms with Gasteiger partial charge < -0.3 is 14.5 Å². The van der Waals surface area contributed by atoms with Crippen LogP contribution in [0.15, 0.2) is 71.1 Å². The zero-order chi connectivity index (χ0) is 24.1. The zero-order valence-electron chi connectivity index (χ0n) is 18.8. The first-order valence-corrected chi connectivity index (χ1v) is 11.7. The van der Waals surface area contributed by atoms with Crippen LogP contribution in [0.4, 0.5) is 5.69 Å². The number of carbonyl (C=O) groups excluding carboxylic acids is 1. The normalized spacial score (nSPS) is 11.7. The molecule has 4 aromatic rings. The van der Waals surface area contributed by atoms with E-state index in [1.54, 1.807) is 24.3 Å². The predicted molar refractivity (Wildman–Crippen MR) is 139 cm³/mol. The number of hydrogen-bond donors (Lipinski definition) is 2. The van der Waals surface area contributed by atoms with Crippen LogP contribution in [0.3, 0.4) is 0 Å². The molecule has 0 saturated heterocycles. The molecule has 1 heterocycles. The summed E-state index contributed by atoms with van der Waals surface area (Å²) in [5, 5.41) is 6.19. The number of thiocarbonyl (C=S) groups is 1. The van der Waals surface area contributed by atoms with E-state index >= 15 is 0 Å². The van der Waals surface area contributed by atoms with Crippen molar-refractivity contribution >= 4 is 51.6 Å². The number of nitrogens with zero attached hydrogens (tertiary/aromatic N) is 1. The van der Waals surface area contributed by atoms with Crippen molar-refractivity contribution in [1.29, 1.82) is 0 Å². The molecular formula is C26H24ClN3O3S. The summed E-state index contributed by atoms with van der Waals surface area (Å²) in [6.45, 7) is 4.15. The van der Waals surface area contributed by atoms with Gasteiger partial charge >= 0.3 is 0 Å². The zero-order valence-corrected chi connectivity index (χ0v) is 20.4. The lowest BCUT2D eigenvalue weighted by Crippen LogP contribution is -2.37. The Bertz CT molecular complexity index is 1340. The lowest BCUT2D eigenvalue weighted by molar-refractivity contribution is -0.121. The van der Waals surface area contributed by atoms with Gasteiger partial charge in [-0.1, -0.05) is 49.7 Å². The van der Waals surface area contributed by atoms with E-state index in [2.05, 4.69) is 41.6 Å². The Kier molecular flexibility index (Phi) is 7.45. The van der Waals surface area contributed by atoms with Crippen LogP contribution in [0.2, 0.25) is 5.02 Å². The molecule has 4 rings (SSSR count). The number of benzene rings is 3. The standard InChI is InChI=1S/C26H24ClN3O3S/c1-3-16(2)17-11-12-23-21(14-17)29-25(33-23)18-7-6-8-19(13-18)28-26(34)30-24(31)15-32-22-10-5-4-9-20(22)27/h4-14,16H,3,15H2,1-2H3,(H2,28,30,31,34)/t16-/m0/s1. The lowest BCUT2D eigenvalue weighted by Gasteiger charge is -2.11. The van der Waals surface area contributed by atoms with E-state index in [0.717, 1.165) is 23.1 Å². The van der Waals surface area contributed by atoms with Crippen LogP contribution in [0.25, 0.3) is 22.6 Å². The number of nitrogens with one attached hydrogen (secondary N) is 2. The van der Waals surface area contributed by atoms with Gasteiger partial charge in [0.2, 0.25) is 5.89 Å². The molecule has 34 heavy (non-hydrogen) atoms. The number of halogens is 1. The van der Waals surface area contributed by atoms with Gasteiger partial charge in [0.25, 0.3) is 5.91 Å². The van der Waals surface area contributed by atoms with Crippen LogP contribution < -0.4 is 15.4 Å². The number of carbonyl (C=O) groups is 1. The summed E-state index contributed by atoms with van der Waals surface area (Å²) in [4.78, 5) is 16.8. The molecule has 6 nitrogen and oxygen atoms in total. The molecule has 0 saturated carbocycles. The maximum absolute atomic E-state index is 12.2. The first kappa shape index (κ1) is 23.7. The van der Waals surface area contributed by atoms with Crippen LogP contribution in [-0.2, 0) is 4.79 Å². The van der Waals surface area contributed by atoms with Crippen molar-refractivity contribution < 1.29 is 13.9 Å². The van der Waals surface area contributed by atoms with Crippen molar-refractivity contribution in [2.75, 3.05) is 11.9 Å². The van der Waals surface area contributed by atoms with Gasteiger partial charge in [0.15, 0.2) is 17.3 Å². The lowest BCUT2D eigenvalue weighted by atomic mass is 9.98. The van der Waals surface area contributed by atoms with Gasteiger partial charge in [-0.25, -0.2) is 4.98 Å². The Morgan fingerprint density at radius 3 is 2.76 bits per heavy atom. The van der Waals surface area contributed by atoms with Gasteiger partial charge in [-0.05, 0) is 72.6 Å². The van der Waals surface area contributed by atoms with Crippen LogP contribution in [-0.4, -0.2) is 22.6 Å². The number of hydrogen-bond acceptors (Lipinski definition) is 5. The van der Waals surface area contributed by atoms with Crippen molar-refractivity contribution in [3.63, 3.8) is 0 Å². The molecule has 0 fully saturated rings. The highest BCUT2D eigenvalue weighted by molar-refractivity contribution is 7.80. The second-order valence-corrected chi connectivity index (χ2v) is 8.67. The van der Waals surface area contributed by atoms with Crippen molar-refractivity contribution in [2.45, 2.75) is 26.2 Å². The summed E-state index contributed by atoms with van der Waals surface area (Å²) < 4.78 is 11.4. The summed E-state index contributed by atoms with van der Waals surface area (Å²) in [6.07, 6.45) is 1.06. The fourth-order valence-corrected chi connectivity index (χ4v) is 3.79.